The van der Waals surface area contributed by atoms with Gasteiger partial charge in [-0.2, -0.15) is 0 Å². The van der Waals surface area contributed by atoms with Crippen molar-refractivity contribution in [3.63, 3.8) is 0 Å². The standard InChI is InChI=1S/C20H12Cl3FN4O2/c21-12-6-13(25)8-14(7-12)29-19-15(22)3-1-10(18(19)24)5-17-27-28-20(30-17)11-2-4-16(23)26-9-11/h1-4,6-9H,5,25H2. The maximum Gasteiger partial charge on any atom is 0.249 e. The molecule has 2 N–H and O–H groups in total. The predicted octanol–water partition coefficient (Wildman–Crippen LogP) is 6.20. The fraction of sp³-hybridized carbons (Fsp3) is 0.0500. The zero-order valence-electron chi connectivity index (χ0n) is 15.1. The zero-order valence-corrected chi connectivity index (χ0v) is 17.3. The first-order valence-corrected chi connectivity index (χ1v) is 9.67. The fourth-order valence-corrected chi connectivity index (χ4v) is 3.20. The monoisotopic (exact) mass is 464 g/mol. The van der Waals surface area contributed by atoms with Crippen LogP contribution in [-0.4, -0.2) is 15.2 Å². The molecule has 0 atom stereocenters. The molecule has 4 rings (SSSR count). The average Bonchev–Trinajstić information content (AvgIpc) is 3.16. The minimum absolute atomic E-state index is 0.0328. The molecular weight excluding hydrogens is 454 g/mol. The smallest absolute Gasteiger partial charge is 0.249 e. The SMILES string of the molecule is Nc1cc(Cl)cc(Oc2c(Cl)ccc(Cc3nnc(-c4ccc(Cl)nc4)o3)c2F)c1. The van der Waals surface area contributed by atoms with Gasteiger partial charge in [0.2, 0.25) is 11.8 Å². The van der Waals surface area contributed by atoms with Crippen molar-refractivity contribution in [1.29, 1.82) is 0 Å². The third-order valence-electron chi connectivity index (χ3n) is 4.03. The normalized spacial score (nSPS) is 10.9. The summed E-state index contributed by atoms with van der Waals surface area (Å²) in [7, 11) is 0. The molecular formula is C20H12Cl3FN4O2. The zero-order chi connectivity index (χ0) is 21.3. The molecule has 0 saturated carbocycles. The van der Waals surface area contributed by atoms with E-state index in [-0.39, 0.29) is 40.3 Å². The van der Waals surface area contributed by atoms with Crippen molar-refractivity contribution >= 4 is 40.5 Å². The molecule has 0 fully saturated rings. The minimum atomic E-state index is -0.658. The largest absolute Gasteiger partial charge is 0.453 e. The van der Waals surface area contributed by atoms with Gasteiger partial charge in [-0.05, 0) is 30.3 Å². The van der Waals surface area contributed by atoms with Gasteiger partial charge in [0.1, 0.15) is 10.9 Å². The summed E-state index contributed by atoms with van der Waals surface area (Å²) < 4.78 is 26.3. The Hall–Kier alpha value is -2.87. The molecule has 0 amide bonds. The molecule has 0 bridgehead atoms. The quantitative estimate of drug-likeness (QED) is 0.279. The predicted molar refractivity (Wildman–Crippen MR) is 113 cm³/mol. The molecule has 0 aliphatic carbocycles. The van der Waals surface area contributed by atoms with E-state index in [1.54, 1.807) is 18.2 Å². The highest BCUT2D eigenvalue weighted by molar-refractivity contribution is 6.32. The van der Waals surface area contributed by atoms with Gasteiger partial charge in [-0.3, -0.25) is 0 Å². The second-order valence-corrected chi connectivity index (χ2v) is 7.45. The lowest BCUT2D eigenvalue weighted by Gasteiger charge is -2.12. The fourth-order valence-electron chi connectivity index (χ4n) is 2.67. The van der Waals surface area contributed by atoms with E-state index in [0.717, 1.165) is 0 Å². The highest BCUT2D eigenvalue weighted by Gasteiger charge is 2.18. The van der Waals surface area contributed by atoms with E-state index in [0.29, 0.717) is 21.4 Å². The number of nitrogens with zero attached hydrogens (tertiary/aromatic N) is 3. The lowest BCUT2D eigenvalue weighted by molar-refractivity contribution is 0.437. The molecule has 0 radical (unpaired) electrons. The molecule has 0 spiro atoms. The van der Waals surface area contributed by atoms with Crippen molar-refractivity contribution in [2.24, 2.45) is 0 Å². The Labute approximate surface area is 185 Å². The van der Waals surface area contributed by atoms with Crippen molar-refractivity contribution in [1.82, 2.24) is 15.2 Å². The lowest BCUT2D eigenvalue weighted by Crippen LogP contribution is -1.98. The number of pyridine rings is 1. The van der Waals surface area contributed by atoms with Crippen LogP contribution in [0, 0.1) is 5.82 Å². The number of ether oxygens (including phenoxy) is 1. The molecule has 0 saturated heterocycles. The molecule has 0 unspecified atom stereocenters. The van der Waals surface area contributed by atoms with Gasteiger partial charge in [0.05, 0.1) is 17.0 Å². The van der Waals surface area contributed by atoms with Crippen LogP contribution in [0.25, 0.3) is 11.5 Å². The van der Waals surface area contributed by atoms with Gasteiger partial charge in [0.15, 0.2) is 11.6 Å². The van der Waals surface area contributed by atoms with E-state index < -0.39 is 5.82 Å². The van der Waals surface area contributed by atoms with Crippen LogP contribution in [0.15, 0.2) is 53.1 Å². The molecule has 4 aromatic rings. The van der Waals surface area contributed by atoms with Crippen LogP contribution < -0.4 is 10.5 Å². The number of anilines is 1. The Kier molecular flexibility index (Phi) is 5.76. The number of hydrogen-bond donors (Lipinski definition) is 1. The van der Waals surface area contributed by atoms with Crippen LogP contribution in [0.4, 0.5) is 10.1 Å². The van der Waals surface area contributed by atoms with E-state index in [4.69, 9.17) is 49.7 Å². The third-order valence-corrected chi connectivity index (χ3v) is 4.76. The first kappa shape index (κ1) is 20.4. The number of nitrogens with two attached hydrogens (primary N) is 1. The van der Waals surface area contributed by atoms with Gasteiger partial charge in [0.25, 0.3) is 0 Å². The molecule has 30 heavy (non-hydrogen) atoms. The van der Waals surface area contributed by atoms with Crippen LogP contribution in [0.3, 0.4) is 0 Å². The summed E-state index contributed by atoms with van der Waals surface area (Å²) >= 11 is 17.9. The van der Waals surface area contributed by atoms with E-state index in [1.165, 1.54) is 30.5 Å². The topological polar surface area (TPSA) is 87.1 Å². The Morgan fingerprint density at radius 3 is 2.60 bits per heavy atom. The second kappa shape index (κ2) is 8.47. The van der Waals surface area contributed by atoms with Gasteiger partial charge >= 0.3 is 0 Å². The van der Waals surface area contributed by atoms with Crippen molar-refractivity contribution in [2.75, 3.05) is 5.73 Å². The Morgan fingerprint density at radius 1 is 1.03 bits per heavy atom. The van der Waals surface area contributed by atoms with Crippen LogP contribution >= 0.6 is 34.8 Å². The van der Waals surface area contributed by atoms with Gasteiger partial charge in [0, 0.05) is 28.5 Å². The van der Waals surface area contributed by atoms with E-state index in [1.807, 2.05) is 0 Å². The highest BCUT2D eigenvalue weighted by atomic mass is 35.5. The lowest BCUT2D eigenvalue weighted by atomic mass is 10.1. The molecule has 2 aromatic carbocycles. The van der Waals surface area contributed by atoms with Crippen molar-refractivity contribution < 1.29 is 13.5 Å². The Morgan fingerprint density at radius 2 is 1.87 bits per heavy atom. The van der Waals surface area contributed by atoms with Gasteiger partial charge < -0.3 is 14.9 Å². The maximum atomic E-state index is 15.1. The third kappa shape index (κ3) is 4.48. The van der Waals surface area contributed by atoms with Crippen molar-refractivity contribution in [2.45, 2.75) is 6.42 Å². The van der Waals surface area contributed by atoms with Crippen LogP contribution in [0.2, 0.25) is 15.2 Å². The Balaban J connectivity index is 1.60. The van der Waals surface area contributed by atoms with E-state index in [2.05, 4.69) is 15.2 Å². The molecule has 2 heterocycles. The summed E-state index contributed by atoms with van der Waals surface area (Å²) in [6.45, 7) is 0. The number of halogens is 4. The van der Waals surface area contributed by atoms with Crippen LogP contribution in [-0.2, 0) is 6.42 Å². The van der Waals surface area contributed by atoms with E-state index in [9.17, 15) is 0 Å². The average molecular weight is 466 g/mol. The second-order valence-electron chi connectivity index (χ2n) is 6.22. The summed E-state index contributed by atoms with van der Waals surface area (Å²) in [5, 5.41) is 8.71. The molecule has 6 nitrogen and oxygen atoms in total. The number of hydrogen-bond acceptors (Lipinski definition) is 6. The first-order chi connectivity index (χ1) is 14.4. The number of aromatic nitrogens is 3. The summed E-state index contributed by atoms with van der Waals surface area (Å²) in [6, 6.07) is 10.9. The first-order valence-electron chi connectivity index (χ1n) is 8.54. The number of benzene rings is 2. The van der Waals surface area contributed by atoms with Crippen LogP contribution in [0.5, 0.6) is 11.5 Å². The molecule has 10 heteroatoms. The minimum Gasteiger partial charge on any atom is -0.453 e. The van der Waals surface area contributed by atoms with Gasteiger partial charge in [-0.25, -0.2) is 9.37 Å². The molecule has 0 aliphatic heterocycles. The maximum absolute atomic E-state index is 15.1. The molecule has 152 valence electrons. The van der Waals surface area contributed by atoms with Crippen LogP contribution in [0.1, 0.15) is 11.5 Å². The number of nitrogen functional groups attached to an aromatic ring is 1. The highest BCUT2D eigenvalue weighted by Crippen LogP contribution is 2.36. The van der Waals surface area contributed by atoms with E-state index >= 15 is 4.39 Å². The van der Waals surface area contributed by atoms with Gasteiger partial charge in [-0.15, -0.1) is 10.2 Å². The van der Waals surface area contributed by atoms with Crippen molar-refractivity contribution in [3.8, 4) is 23.0 Å². The summed E-state index contributed by atoms with van der Waals surface area (Å²) in [4.78, 5) is 3.96. The molecule has 2 aromatic heterocycles. The summed E-state index contributed by atoms with van der Waals surface area (Å²) in [5.74, 6) is -0.103. The summed E-state index contributed by atoms with van der Waals surface area (Å²) in [6.07, 6.45) is 1.54. The number of rotatable bonds is 5. The van der Waals surface area contributed by atoms with Gasteiger partial charge in [-0.1, -0.05) is 40.9 Å². The summed E-state index contributed by atoms with van der Waals surface area (Å²) in [5.41, 5.74) is 6.98. The molecule has 0 aliphatic rings. The van der Waals surface area contributed by atoms with Crippen molar-refractivity contribution in [3.05, 3.63) is 81.1 Å². The Bertz CT molecular complexity index is 1200.